The molecule has 0 radical (unpaired) electrons. The Kier molecular flexibility index (Phi) is 5.13. The molecular formula is C17H21NO. The molecule has 0 aliphatic rings. The SMILES string of the molecule is Cc1ccc(CCNC[C@H](O)c2ccccc2)cc1. The number of benzene rings is 2. The van der Waals surface area contributed by atoms with Gasteiger partial charge in [-0.3, -0.25) is 0 Å². The van der Waals surface area contributed by atoms with E-state index in [1.165, 1.54) is 11.1 Å². The summed E-state index contributed by atoms with van der Waals surface area (Å²) in [6.07, 6.45) is 0.557. The highest BCUT2D eigenvalue weighted by molar-refractivity contribution is 5.21. The van der Waals surface area contributed by atoms with Gasteiger partial charge in [0.25, 0.3) is 0 Å². The van der Waals surface area contributed by atoms with E-state index in [0.717, 1.165) is 18.5 Å². The standard InChI is InChI=1S/C17H21NO/c1-14-7-9-15(10-8-14)11-12-18-13-17(19)16-5-3-2-4-6-16/h2-10,17-19H,11-13H2,1H3/t17-/m0/s1. The molecule has 2 rings (SSSR count). The Morgan fingerprint density at radius 2 is 1.68 bits per heavy atom. The van der Waals surface area contributed by atoms with Crippen LogP contribution >= 0.6 is 0 Å². The lowest BCUT2D eigenvalue weighted by Gasteiger charge is -2.12. The minimum absolute atomic E-state index is 0.431. The molecule has 0 aliphatic heterocycles. The number of rotatable bonds is 6. The maximum Gasteiger partial charge on any atom is 0.0914 e. The Morgan fingerprint density at radius 3 is 2.37 bits per heavy atom. The van der Waals surface area contributed by atoms with Crippen molar-refractivity contribution in [2.45, 2.75) is 19.4 Å². The monoisotopic (exact) mass is 255 g/mol. The lowest BCUT2D eigenvalue weighted by atomic mass is 10.1. The van der Waals surface area contributed by atoms with Crippen LogP contribution in [0, 0.1) is 6.92 Å². The van der Waals surface area contributed by atoms with Gasteiger partial charge in [0.1, 0.15) is 0 Å². The van der Waals surface area contributed by atoms with E-state index in [4.69, 9.17) is 0 Å². The summed E-state index contributed by atoms with van der Waals surface area (Å²) in [6, 6.07) is 18.3. The van der Waals surface area contributed by atoms with Gasteiger partial charge in [0.2, 0.25) is 0 Å². The summed E-state index contributed by atoms with van der Waals surface area (Å²) in [6.45, 7) is 3.57. The van der Waals surface area contributed by atoms with Crippen molar-refractivity contribution in [2.24, 2.45) is 0 Å². The van der Waals surface area contributed by atoms with E-state index in [9.17, 15) is 5.11 Å². The third-order valence-electron chi connectivity index (χ3n) is 3.23. The van der Waals surface area contributed by atoms with Gasteiger partial charge in [0.05, 0.1) is 6.10 Å². The number of hydrogen-bond donors (Lipinski definition) is 2. The minimum atomic E-state index is -0.431. The van der Waals surface area contributed by atoms with Crippen LogP contribution in [0.15, 0.2) is 54.6 Å². The van der Waals surface area contributed by atoms with E-state index in [2.05, 4.69) is 36.5 Å². The second kappa shape index (κ2) is 7.07. The Balaban J connectivity index is 1.71. The summed E-state index contributed by atoms with van der Waals surface area (Å²) in [7, 11) is 0. The number of nitrogens with one attached hydrogen (secondary N) is 1. The topological polar surface area (TPSA) is 32.3 Å². The molecule has 2 aromatic rings. The van der Waals surface area contributed by atoms with E-state index in [1.54, 1.807) is 0 Å². The molecule has 2 aromatic carbocycles. The van der Waals surface area contributed by atoms with Gasteiger partial charge >= 0.3 is 0 Å². The first kappa shape index (κ1) is 13.8. The van der Waals surface area contributed by atoms with E-state index in [1.807, 2.05) is 30.3 Å². The Labute approximate surface area is 115 Å². The molecule has 0 unspecified atom stereocenters. The van der Waals surface area contributed by atoms with Gasteiger partial charge in [-0.2, -0.15) is 0 Å². The average molecular weight is 255 g/mol. The van der Waals surface area contributed by atoms with Crippen molar-refractivity contribution in [3.8, 4) is 0 Å². The molecule has 0 spiro atoms. The first-order chi connectivity index (χ1) is 9.25. The highest BCUT2D eigenvalue weighted by Gasteiger charge is 2.05. The average Bonchev–Trinajstić information content (AvgIpc) is 2.46. The molecule has 0 heterocycles. The van der Waals surface area contributed by atoms with Crippen LogP contribution in [0.3, 0.4) is 0 Å². The summed E-state index contributed by atoms with van der Waals surface area (Å²) < 4.78 is 0. The van der Waals surface area contributed by atoms with E-state index in [0.29, 0.717) is 6.54 Å². The van der Waals surface area contributed by atoms with Gasteiger partial charge in [0, 0.05) is 6.54 Å². The molecule has 0 saturated carbocycles. The lowest BCUT2D eigenvalue weighted by molar-refractivity contribution is 0.175. The van der Waals surface area contributed by atoms with Crippen LogP contribution in [0.2, 0.25) is 0 Å². The van der Waals surface area contributed by atoms with E-state index < -0.39 is 6.10 Å². The predicted octanol–water partition coefficient (Wildman–Crippen LogP) is 2.86. The number of hydrogen-bond acceptors (Lipinski definition) is 2. The largest absolute Gasteiger partial charge is 0.387 e. The molecule has 19 heavy (non-hydrogen) atoms. The van der Waals surface area contributed by atoms with E-state index in [-0.39, 0.29) is 0 Å². The zero-order chi connectivity index (χ0) is 13.5. The molecule has 100 valence electrons. The quantitative estimate of drug-likeness (QED) is 0.778. The Hall–Kier alpha value is -1.64. The molecular weight excluding hydrogens is 234 g/mol. The van der Waals surface area contributed by atoms with Crippen molar-refractivity contribution in [3.05, 3.63) is 71.3 Å². The van der Waals surface area contributed by atoms with Crippen LogP contribution in [0.25, 0.3) is 0 Å². The number of aliphatic hydroxyl groups is 1. The summed E-state index contributed by atoms with van der Waals surface area (Å²) in [4.78, 5) is 0. The third kappa shape index (κ3) is 4.51. The Bertz CT molecular complexity index is 478. The maximum atomic E-state index is 9.99. The zero-order valence-corrected chi connectivity index (χ0v) is 11.3. The highest BCUT2D eigenvalue weighted by Crippen LogP contribution is 2.10. The van der Waals surface area contributed by atoms with Crippen molar-refractivity contribution in [1.82, 2.24) is 5.32 Å². The normalized spacial score (nSPS) is 12.3. The second-order valence-corrected chi connectivity index (χ2v) is 4.87. The van der Waals surface area contributed by atoms with Crippen LogP contribution in [-0.4, -0.2) is 18.2 Å². The molecule has 0 bridgehead atoms. The number of aliphatic hydroxyl groups excluding tert-OH is 1. The lowest BCUT2D eigenvalue weighted by Crippen LogP contribution is -2.23. The first-order valence-corrected chi connectivity index (χ1v) is 6.75. The minimum Gasteiger partial charge on any atom is -0.387 e. The molecule has 2 N–H and O–H groups in total. The number of aryl methyl sites for hydroxylation is 1. The van der Waals surface area contributed by atoms with Crippen molar-refractivity contribution in [1.29, 1.82) is 0 Å². The summed E-state index contributed by atoms with van der Waals surface area (Å²) in [5, 5.41) is 13.3. The van der Waals surface area contributed by atoms with Gasteiger partial charge in [-0.05, 0) is 31.0 Å². The van der Waals surface area contributed by atoms with Crippen LogP contribution in [0.4, 0.5) is 0 Å². The van der Waals surface area contributed by atoms with Crippen molar-refractivity contribution < 1.29 is 5.11 Å². The molecule has 2 heteroatoms. The highest BCUT2D eigenvalue weighted by atomic mass is 16.3. The van der Waals surface area contributed by atoms with Crippen molar-refractivity contribution in [2.75, 3.05) is 13.1 Å². The fraction of sp³-hybridized carbons (Fsp3) is 0.294. The van der Waals surface area contributed by atoms with Crippen molar-refractivity contribution in [3.63, 3.8) is 0 Å². The molecule has 0 aromatic heterocycles. The van der Waals surface area contributed by atoms with Crippen LogP contribution in [0.1, 0.15) is 22.8 Å². The fourth-order valence-electron chi connectivity index (χ4n) is 2.02. The molecule has 0 amide bonds. The maximum absolute atomic E-state index is 9.99. The summed E-state index contributed by atoms with van der Waals surface area (Å²) in [5.74, 6) is 0. The predicted molar refractivity (Wildman–Crippen MR) is 79.2 cm³/mol. The van der Waals surface area contributed by atoms with Gasteiger partial charge in [0.15, 0.2) is 0 Å². The fourth-order valence-corrected chi connectivity index (χ4v) is 2.02. The van der Waals surface area contributed by atoms with Gasteiger partial charge in [-0.1, -0.05) is 60.2 Å². The van der Waals surface area contributed by atoms with Crippen LogP contribution in [-0.2, 0) is 6.42 Å². The first-order valence-electron chi connectivity index (χ1n) is 6.75. The molecule has 2 nitrogen and oxygen atoms in total. The molecule has 0 saturated heterocycles. The molecule has 1 atom stereocenters. The van der Waals surface area contributed by atoms with Gasteiger partial charge < -0.3 is 10.4 Å². The third-order valence-corrected chi connectivity index (χ3v) is 3.23. The second-order valence-electron chi connectivity index (χ2n) is 4.87. The van der Waals surface area contributed by atoms with Gasteiger partial charge in [-0.15, -0.1) is 0 Å². The Morgan fingerprint density at radius 1 is 1.00 bits per heavy atom. The van der Waals surface area contributed by atoms with Gasteiger partial charge in [-0.25, -0.2) is 0 Å². The molecule has 0 fully saturated rings. The van der Waals surface area contributed by atoms with E-state index >= 15 is 0 Å². The summed E-state index contributed by atoms with van der Waals surface area (Å²) >= 11 is 0. The summed E-state index contributed by atoms with van der Waals surface area (Å²) in [5.41, 5.74) is 3.58. The zero-order valence-electron chi connectivity index (χ0n) is 11.3. The van der Waals surface area contributed by atoms with Crippen LogP contribution < -0.4 is 5.32 Å². The molecule has 0 aliphatic carbocycles. The smallest absolute Gasteiger partial charge is 0.0914 e. The van der Waals surface area contributed by atoms with Crippen molar-refractivity contribution >= 4 is 0 Å². The van der Waals surface area contributed by atoms with Crippen LogP contribution in [0.5, 0.6) is 0 Å².